The van der Waals surface area contributed by atoms with Crippen molar-refractivity contribution in [3.63, 3.8) is 0 Å². The summed E-state index contributed by atoms with van der Waals surface area (Å²) in [5.41, 5.74) is -0.434. The van der Waals surface area contributed by atoms with Crippen molar-refractivity contribution in [3.05, 3.63) is 72.4 Å². The number of allylic oxidation sites excluding steroid dienone is 6. The van der Waals surface area contributed by atoms with E-state index in [1.807, 2.05) is 66.8 Å². The monoisotopic (exact) mass is 232 g/mol. The van der Waals surface area contributed by atoms with Crippen molar-refractivity contribution in [2.45, 2.75) is 5.41 Å². The Balaban J connectivity index is 2.53. The number of nitrogens with zero attached hydrogens (tertiary/aromatic N) is 2. The summed E-state index contributed by atoms with van der Waals surface area (Å²) in [6.07, 6.45) is 11.3. The fourth-order valence-electron chi connectivity index (χ4n) is 2.05. The number of rotatable bonds is 2. The van der Waals surface area contributed by atoms with E-state index in [1.54, 1.807) is 0 Å². The average Bonchev–Trinajstić information content (AvgIpc) is 2.72. The summed E-state index contributed by atoms with van der Waals surface area (Å²) in [6, 6.07) is 13.6. The zero-order chi connectivity index (χ0) is 12.8. The van der Waals surface area contributed by atoms with Gasteiger partial charge in [0.2, 0.25) is 0 Å². The largest absolute Gasteiger partial charge is 0.196 e. The van der Waals surface area contributed by atoms with Crippen LogP contribution < -0.4 is 0 Å². The molecule has 2 rings (SSSR count). The Morgan fingerprint density at radius 2 is 1.39 bits per heavy atom. The summed E-state index contributed by atoms with van der Waals surface area (Å²) in [5.74, 6) is -0.245. The van der Waals surface area contributed by atoms with Gasteiger partial charge in [-0.15, -0.1) is 0 Å². The van der Waals surface area contributed by atoms with Gasteiger partial charge in [-0.05, 0) is 5.56 Å². The molecule has 0 spiro atoms. The van der Waals surface area contributed by atoms with E-state index in [2.05, 4.69) is 12.1 Å². The lowest BCUT2D eigenvalue weighted by atomic mass is 9.72. The molecule has 0 amide bonds. The van der Waals surface area contributed by atoms with E-state index >= 15 is 0 Å². The predicted octanol–water partition coefficient (Wildman–Crippen LogP) is 3.27. The Hall–Kier alpha value is -2.58. The minimum absolute atomic E-state index is 0.245. The van der Waals surface area contributed by atoms with Gasteiger partial charge in [0, 0.05) is 5.92 Å². The molecule has 1 aromatic rings. The van der Waals surface area contributed by atoms with Crippen LogP contribution in [-0.4, -0.2) is 0 Å². The third-order valence-electron chi connectivity index (χ3n) is 3.05. The number of benzene rings is 1. The SMILES string of the molecule is N#CC(C#N)(c1ccccc1)C1C=CC=CC=C1. The number of hydrogen-bond donors (Lipinski definition) is 0. The lowest BCUT2D eigenvalue weighted by Gasteiger charge is -2.24. The molecule has 0 fully saturated rings. The summed E-state index contributed by atoms with van der Waals surface area (Å²) in [4.78, 5) is 0. The van der Waals surface area contributed by atoms with Gasteiger partial charge >= 0.3 is 0 Å². The molecule has 1 aromatic carbocycles. The van der Waals surface area contributed by atoms with Crippen molar-refractivity contribution in [2.24, 2.45) is 5.92 Å². The van der Waals surface area contributed by atoms with Gasteiger partial charge in [-0.25, -0.2) is 0 Å². The third-order valence-corrected chi connectivity index (χ3v) is 3.05. The quantitative estimate of drug-likeness (QED) is 0.785. The van der Waals surface area contributed by atoms with Gasteiger partial charge in [0.1, 0.15) is 0 Å². The highest BCUT2D eigenvalue weighted by atomic mass is 14.4. The molecule has 2 heteroatoms. The molecule has 1 aliphatic carbocycles. The average molecular weight is 232 g/mol. The van der Waals surface area contributed by atoms with E-state index in [0.29, 0.717) is 0 Å². The Kier molecular flexibility index (Phi) is 3.41. The van der Waals surface area contributed by atoms with Crippen molar-refractivity contribution >= 4 is 0 Å². The van der Waals surface area contributed by atoms with Crippen LogP contribution in [0.5, 0.6) is 0 Å². The Morgan fingerprint density at radius 3 is 1.89 bits per heavy atom. The lowest BCUT2D eigenvalue weighted by molar-refractivity contribution is 0.591. The van der Waals surface area contributed by atoms with Gasteiger partial charge in [-0.1, -0.05) is 66.8 Å². The maximum atomic E-state index is 9.51. The third kappa shape index (κ3) is 1.97. The molecular formula is C16H12N2. The van der Waals surface area contributed by atoms with E-state index in [0.717, 1.165) is 5.56 Å². The first-order valence-electron chi connectivity index (χ1n) is 5.73. The van der Waals surface area contributed by atoms with Crippen LogP contribution >= 0.6 is 0 Å². The van der Waals surface area contributed by atoms with E-state index < -0.39 is 5.41 Å². The topological polar surface area (TPSA) is 47.6 Å². The van der Waals surface area contributed by atoms with Gasteiger partial charge in [0.25, 0.3) is 0 Å². The van der Waals surface area contributed by atoms with Crippen molar-refractivity contribution < 1.29 is 0 Å². The summed E-state index contributed by atoms with van der Waals surface area (Å²) in [6.45, 7) is 0. The number of hydrogen-bond acceptors (Lipinski definition) is 2. The van der Waals surface area contributed by atoms with Gasteiger partial charge in [0.15, 0.2) is 5.41 Å². The molecule has 0 saturated carbocycles. The van der Waals surface area contributed by atoms with Gasteiger partial charge in [-0.3, -0.25) is 0 Å². The zero-order valence-electron chi connectivity index (χ0n) is 9.82. The molecule has 0 unspecified atom stereocenters. The first-order chi connectivity index (χ1) is 8.83. The second-order valence-corrected chi connectivity index (χ2v) is 4.08. The molecule has 0 saturated heterocycles. The molecule has 0 atom stereocenters. The molecule has 0 bridgehead atoms. The van der Waals surface area contributed by atoms with Gasteiger partial charge in [0.05, 0.1) is 12.1 Å². The van der Waals surface area contributed by atoms with E-state index in [9.17, 15) is 10.5 Å². The molecule has 0 N–H and O–H groups in total. The number of nitriles is 2. The highest BCUT2D eigenvalue weighted by molar-refractivity contribution is 5.45. The maximum Gasteiger partial charge on any atom is 0.178 e. The summed E-state index contributed by atoms with van der Waals surface area (Å²) < 4.78 is 0. The fourth-order valence-corrected chi connectivity index (χ4v) is 2.05. The minimum Gasteiger partial charge on any atom is -0.196 e. The van der Waals surface area contributed by atoms with E-state index in [1.165, 1.54) is 0 Å². The predicted molar refractivity (Wildman–Crippen MR) is 70.3 cm³/mol. The second kappa shape index (κ2) is 5.17. The van der Waals surface area contributed by atoms with Crippen LogP contribution in [-0.2, 0) is 5.41 Å². The standard InChI is InChI=1S/C16H12N2/c17-12-16(13-18,15-10-6-3-7-11-15)14-8-4-1-2-5-9-14/h1-11,14H. The maximum absolute atomic E-state index is 9.51. The first kappa shape index (κ1) is 11.9. The zero-order valence-corrected chi connectivity index (χ0v) is 9.82. The van der Waals surface area contributed by atoms with Crippen LogP contribution in [0.15, 0.2) is 66.8 Å². The Bertz CT molecular complexity index is 550. The van der Waals surface area contributed by atoms with E-state index in [-0.39, 0.29) is 5.92 Å². The van der Waals surface area contributed by atoms with Gasteiger partial charge < -0.3 is 0 Å². The molecule has 86 valence electrons. The molecule has 18 heavy (non-hydrogen) atoms. The summed E-state index contributed by atoms with van der Waals surface area (Å²) in [5, 5.41) is 19.0. The molecule has 0 aliphatic heterocycles. The van der Waals surface area contributed by atoms with Gasteiger partial charge in [-0.2, -0.15) is 10.5 Å². The normalized spacial score (nSPS) is 14.8. The van der Waals surface area contributed by atoms with Crippen molar-refractivity contribution in [2.75, 3.05) is 0 Å². The first-order valence-corrected chi connectivity index (χ1v) is 5.73. The van der Waals surface area contributed by atoms with Crippen LogP contribution in [0.2, 0.25) is 0 Å². The molecule has 1 aliphatic rings. The highest BCUT2D eigenvalue weighted by Gasteiger charge is 2.38. The van der Waals surface area contributed by atoms with Crippen molar-refractivity contribution in [1.29, 1.82) is 10.5 Å². The lowest BCUT2D eigenvalue weighted by Crippen LogP contribution is -2.30. The Morgan fingerprint density at radius 1 is 0.833 bits per heavy atom. The molecule has 0 radical (unpaired) electrons. The molecule has 0 aromatic heterocycles. The van der Waals surface area contributed by atoms with Crippen LogP contribution in [0.3, 0.4) is 0 Å². The van der Waals surface area contributed by atoms with E-state index in [4.69, 9.17) is 0 Å². The second-order valence-electron chi connectivity index (χ2n) is 4.08. The van der Waals surface area contributed by atoms with Crippen LogP contribution in [0.4, 0.5) is 0 Å². The smallest absolute Gasteiger partial charge is 0.178 e. The summed E-state index contributed by atoms with van der Waals surface area (Å²) >= 11 is 0. The van der Waals surface area contributed by atoms with Crippen LogP contribution in [0.1, 0.15) is 5.56 Å². The van der Waals surface area contributed by atoms with Crippen LogP contribution in [0.25, 0.3) is 0 Å². The highest BCUT2D eigenvalue weighted by Crippen LogP contribution is 2.34. The van der Waals surface area contributed by atoms with Crippen molar-refractivity contribution in [1.82, 2.24) is 0 Å². The molecule has 2 nitrogen and oxygen atoms in total. The Labute approximate surface area is 107 Å². The molecule has 0 heterocycles. The molecular weight excluding hydrogens is 220 g/mol. The fraction of sp³-hybridized carbons (Fsp3) is 0.125. The summed E-state index contributed by atoms with van der Waals surface area (Å²) in [7, 11) is 0. The van der Waals surface area contributed by atoms with Crippen molar-refractivity contribution in [3.8, 4) is 12.1 Å². The minimum atomic E-state index is -1.17. The van der Waals surface area contributed by atoms with Crippen LogP contribution in [0, 0.1) is 28.6 Å².